The number of carbonyl (C=O) groups is 1. The van der Waals surface area contributed by atoms with Gasteiger partial charge in [-0.3, -0.25) is 18.6 Å². The van der Waals surface area contributed by atoms with Gasteiger partial charge in [-0.05, 0) is 87.0 Å². The summed E-state index contributed by atoms with van der Waals surface area (Å²) < 4.78 is 32.3. The number of morpholine rings is 1. The quantitative estimate of drug-likeness (QED) is 0.217. The van der Waals surface area contributed by atoms with Gasteiger partial charge in [-0.25, -0.2) is 13.9 Å². The molecule has 1 N–H and O–H groups in total. The maximum atomic E-state index is 14.5. The van der Waals surface area contributed by atoms with Crippen LogP contribution in [0.3, 0.4) is 0 Å². The molecule has 0 spiro atoms. The Kier molecular flexibility index (Phi) is 8.46. The van der Waals surface area contributed by atoms with Crippen molar-refractivity contribution in [2.75, 3.05) is 44.9 Å². The number of benzene rings is 3. The van der Waals surface area contributed by atoms with Crippen molar-refractivity contribution in [3.05, 3.63) is 118 Å². The lowest BCUT2D eigenvalue weighted by Gasteiger charge is -2.39. The number of H-pyrrole nitrogens is 1. The van der Waals surface area contributed by atoms with Crippen LogP contribution in [0, 0.1) is 12.7 Å². The fraction of sp³-hybridized carbons (Fsp3) is 0.317. The lowest BCUT2D eigenvalue weighted by molar-refractivity contribution is -0.0276. The van der Waals surface area contributed by atoms with Crippen molar-refractivity contribution >= 4 is 33.4 Å². The highest BCUT2D eigenvalue weighted by molar-refractivity contribution is 5.99. The van der Waals surface area contributed by atoms with Gasteiger partial charge in [0.05, 0.1) is 60.7 Å². The molecule has 0 atom stereocenters. The van der Waals surface area contributed by atoms with Gasteiger partial charge < -0.3 is 24.3 Å². The predicted molar refractivity (Wildman–Crippen MR) is 207 cm³/mol. The molecule has 6 heterocycles. The molecule has 0 bridgehead atoms. The van der Waals surface area contributed by atoms with Crippen LogP contribution in [-0.2, 0) is 29.0 Å². The summed E-state index contributed by atoms with van der Waals surface area (Å²) in [6.45, 7) is 9.96. The SMILES string of the molecule is COCCn1ncc2cc(-n3ccn(-c4c5c(nn4-c4ccc(F)c(C)c4)CCN(C(=O)c4cc6cc(N7CCOC(C)(C)C7)ccc6[nH]4)C5)c3=O)ccc21. The molecule has 3 aromatic carbocycles. The van der Waals surface area contributed by atoms with Gasteiger partial charge in [0.25, 0.3) is 5.91 Å². The summed E-state index contributed by atoms with van der Waals surface area (Å²) >= 11 is 0. The van der Waals surface area contributed by atoms with Crippen LogP contribution in [0.5, 0.6) is 0 Å². The highest BCUT2D eigenvalue weighted by atomic mass is 19.1. The molecular formula is C41H42FN9O4. The molecule has 55 heavy (non-hydrogen) atoms. The Labute approximate surface area is 316 Å². The average molecular weight is 744 g/mol. The maximum absolute atomic E-state index is 14.5. The highest BCUT2D eigenvalue weighted by Gasteiger charge is 2.32. The number of aromatic amines is 1. The highest BCUT2D eigenvalue weighted by Crippen LogP contribution is 2.31. The second kappa shape index (κ2) is 13.4. The molecule has 1 amide bonds. The Morgan fingerprint density at radius 3 is 2.60 bits per heavy atom. The van der Waals surface area contributed by atoms with E-state index in [1.807, 2.05) is 35.0 Å². The van der Waals surface area contributed by atoms with Gasteiger partial charge in [-0.2, -0.15) is 10.2 Å². The number of nitrogens with one attached hydrogen (secondary N) is 1. The average Bonchev–Trinajstić information content (AvgIpc) is 3.97. The maximum Gasteiger partial charge on any atom is 0.338 e. The minimum Gasteiger partial charge on any atom is -0.383 e. The van der Waals surface area contributed by atoms with E-state index in [1.165, 1.54) is 6.07 Å². The number of aromatic nitrogens is 7. The van der Waals surface area contributed by atoms with Gasteiger partial charge in [0.15, 0.2) is 0 Å². The van der Waals surface area contributed by atoms with Crippen molar-refractivity contribution in [1.29, 1.82) is 0 Å². The number of amides is 1. The van der Waals surface area contributed by atoms with Crippen LogP contribution < -0.4 is 10.6 Å². The summed E-state index contributed by atoms with van der Waals surface area (Å²) in [7, 11) is 1.66. The van der Waals surface area contributed by atoms with Gasteiger partial charge >= 0.3 is 5.69 Å². The molecule has 14 heteroatoms. The Bertz CT molecular complexity index is 2660. The third-order valence-electron chi connectivity index (χ3n) is 10.7. The zero-order valence-electron chi connectivity index (χ0n) is 31.3. The van der Waals surface area contributed by atoms with Crippen molar-refractivity contribution < 1.29 is 18.7 Å². The first-order valence-corrected chi connectivity index (χ1v) is 18.5. The number of anilines is 1. The normalized spacial score (nSPS) is 15.7. The zero-order valence-corrected chi connectivity index (χ0v) is 31.3. The number of aryl methyl sites for hydroxylation is 1. The second-order valence-electron chi connectivity index (χ2n) is 15.0. The van der Waals surface area contributed by atoms with E-state index in [0.717, 1.165) is 51.8 Å². The summed E-state index contributed by atoms with van der Waals surface area (Å²) in [5.41, 5.74) is 6.13. The number of halogens is 1. The first-order chi connectivity index (χ1) is 26.6. The lowest BCUT2D eigenvalue weighted by Crippen LogP contribution is -2.48. The third-order valence-corrected chi connectivity index (χ3v) is 10.7. The van der Waals surface area contributed by atoms with Gasteiger partial charge in [0, 0.05) is 73.1 Å². The van der Waals surface area contributed by atoms with Crippen LogP contribution in [0.2, 0.25) is 0 Å². The fourth-order valence-electron chi connectivity index (χ4n) is 7.87. The van der Waals surface area contributed by atoms with E-state index in [4.69, 9.17) is 14.6 Å². The van der Waals surface area contributed by atoms with E-state index in [0.29, 0.717) is 61.2 Å². The Hall–Kier alpha value is -5.99. The first kappa shape index (κ1) is 34.8. The molecule has 4 aromatic heterocycles. The monoisotopic (exact) mass is 743 g/mol. The molecule has 0 unspecified atom stereocenters. The number of imidazole rings is 1. The molecule has 0 saturated carbocycles. The van der Waals surface area contributed by atoms with E-state index in [9.17, 15) is 14.0 Å². The van der Waals surface area contributed by atoms with E-state index in [-0.39, 0.29) is 29.6 Å². The number of nitrogens with zero attached hydrogens (tertiary/aromatic N) is 8. The van der Waals surface area contributed by atoms with Crippen molar-refractivity contribution in [1.82, 2.24) is 38.6 Å². The van der Waals surface area contributed by atoms with Crippen molar-refractivity contribution in [3.8, 4) is 17.2 Å². The van der Waals surface area contributed by atoms with Crippen molar-refractivity contribution in [2.24, 2.45) is 0 Å². The molecule has 1 saturated heterocycles. The number of hydrogen-bond acceptors (Lipinski definition) is 7. The first-order valence-electron chi connectivity index (χ1n) is 18.5. The van der Waals surface area contributed by atoms with E-state index in [2.05, 4.69) is 41.0 Å². The number of fused-ring (bicyclic) bond motifs is 3. The predicted octanol–water partition coefficient (Wildman–Crippen LogP) is 5.55. The molecule has 1 fully saturated rings. The minimum absolute atomic E-state index is 0.142. The summed E-state index contributed by atoms with van der Waals surface area (Å²) in [6.07, 6.45) is 5.70. The smallest absolute Gasteiger partial charge is 0.338 e. The summed E-state index contributed by atoms with van der Waals surface area (Å²) in [5, 5.41) is 11.3. The van der Waals surface area contributed by atoms with Crippen LogP contribution in [-0.4, -0.2) is 90.0 Å². The van der Waals surface area contributed by atoms with Crippen LogP contribution in [0.15, 0.2) is 84.0 Å². The number of hydrogen-bond donors (Lipinski definition) is 1. The number of rotatable bonds is 8. The summed E-state index contributed by atoms with van der Waals surface area (Å²) in [6, 6.07) is 18.7. The van der Waals surface area contributed by atoms with E-state index < -0.39 is 0 Å². The number of carbonyl (C=O) groups excluding carboxylic acids is 1. The second-order valence-corrected chi connectivity index (χ2v) is 15.0. The topological polar surface area (TPSA) is 120 Å². The Balaban J connectivity index is 1.06. The number of methoxy groups -OCH3 is 1. The molecular weight excluding hydrogens is 702 g/mol. The summed E-state index contributed by atoms with van der Waals surface area (Å²) in [4.78, 5) is 36.0. The molecule has 282 valence electrons. The molecule has 7 aromatic rings. The Morgan fingerprint density at radius 1 is 0.982 bits per heavy atom. The molecule has 2 aliphatic heterocycles. The molecule has 9 rings (SSSR count). The molecule has 0 radical (unpaired) electrons. The zero-order chi connectivity index (χ0) is 38.0. The largest absolute Gasteiger partial charge is 0.383 e. The molecule has 13 nitrogen and oxygen atoms in total. The van der Waals surface area contributed by atoms with Gasteiger partial charge in [-0.15, -0.1) is 0 Å². The van der Waals surface area contributed by atoms with Crippen LogP contribution >= 0.6 is 0 Å². The van der Waals surface area contributed by atoms with Gasteiger partial charge in [-0.1, -0.05) is 0 Å². The van der Waals surface area contributed by atoms with Crippen LogP contribution in [0.25, 0.3) is 39.0 Å². The van der Waals surface area contributed by atoms with Crippen molar-refractivity contribution in [2.45, 2.75) is 45.9 Å². The van der Waals surface area contributed by atoms with E-state index in [1.54, 1.807) is 63.5 Å². The van der Waals surface area contributed by atoms with Gasteiger partial charge in [0.2, 0.25) is 0 Å². The van der Waals surface area contributed by atoms with E-state index >= 15 is 0 Å². The third kappa shape index (κ3) is 6.20. The van der Waals surface area contributed by atoms with Crippen LogP contribution in [0.1, 0.15) is 41.2 Å². The summed E-state index contributed by atoms with van der Waals surface area (Å²) in [5.74, 6) is 0.0319. The molecule has 0 aliphatic carbocycles. The van der Waals surface area contributed by atoms with Crippen molar-refractivity contribution in [3.63, 3.8) is 0 Å². The minimum atomic E-state index is -0.331. The Morgan fingerprint density at radius 2 is 1.78 bits per heavy atom. The molecule has 2 aliphatic rings. The fourth-order valence-corrected chi connectivity index (χ4v) is 7.87. The standard InChI is InChI=1S/C41H42FN9O4/c1-26-19-31(5-8-33(26)42)51-38(49-14-13-48(40(49)53)30-7-10-37-28(21-30)23-43-50(37)16-17-54-4)32-24-46(12-11-35(32)45-51)39(52)36-22-27-20-29(6-9-34(27)44-36)47-15-18-55-41(2,3)25-47/h5-10,13-14,19-23,44H,11-12,15-18,24-25H2,1-4H3. The van der Waals surface area contributed by atoms with Gasteiger partial charge in [0.1, 0.15) is 17.3 Å². The number of ether oxygens (including phenoxy) is 2. The van der Waals surface area contributed by atoms with Crippen LogP contribution in [0.4, 0.5) is 10.1 Å². The lowest BCUT2D eigenvalue weighted by atomic mass is 10.1.